The van der Waals surface area contributed by atoms with Crippen LogP contribution in [0, 0.1) is 0 Å². The third-order valence-corrected chi connectivity index (χ3v) is 2.92. The van der Waals surface area contributed by atoms with Crippen LogP contribution >= 0.6 is 0 Å². The number of halogens is 4. The second-order valence-electron chi connectivity index (χ2n) is 4.75. The lowest BCUT2D eigenvalue weighted by Crippen LogP contribution is -2.33. The van der Waals surface area contributed by atoms with Gasteiger partial charge >= 0.3 is 12.3 Å². The summed E-state index contributed by atoms with van der Waals surface area (Å²) >= 11 is 0. The molecule has 0 radical (unpaired) electrons. The van der Waals surface area contributed by atoms with Crippen LogP contribution < -0.4 is 9.47 Å². The molecule has 0 amide bonds. The normalized spacial score (nSPS) is 11.5. The molecule has 0 aliphatic heterocycles. The van der Waals surface area contributed by atoms with Gasteiger partial charge in [0.15, 0.2) is 18.1 Å². The number of ether oxygens (including phenoxy) is 2. The molecule has 0 aliphatic carbocycles. The van der Waals surface area contributed by atoms with Gasteiger partial charge in [0.25, 0.3) is 0 Å². The second kappa shape index (κ2) is 7.21. The van der Waals surface area contributed by atoms with Crippen LogP contribution in [0.15, 0.2) is 48.5 Å². The summed E-state index contributed by atoms with van der Waals surface area (Å²) in [5, 5.41) is 9.68. The maximum Gasteiger partial charge on any atom is 0.340 e. The summed E-state index contributed by atoms with van der Waals surface area (Å²) in [4.78, 5) is 0. The van der Waals surface area contributed by atoms with Gasteiger partial charge in [-0.3, -0.25) is 0 Å². The fourth-order valence-corrected chi connectivity index (χ4v) is 1.68. The highest BCUT2D eigenvalue weighted by Gasteiger charge is 2.41. The van der Waals surface area contributed by atoms with Crippen LogP contribution in [0.5, 0.6) is 17.2 Å². The van der Waals surface area contributed by atoms with Gasteiger partial charge in [0.2, 0.25) is 0 Å². The monoisotopic (exact) mass is 330 g/mol. The Morgan fingerprint density at radius 2 is 1.70 bits per heavy atom. The molecule has 3 nitrogen and oxygen atoms in total. The van der Waals surface area contributed by atoms with Crippen molar-refractivity contribution in [1.29, 1.82) is 0 Å². The van der Waals surface area contributed by atoms with Gasteiger partial charge in [0.1, 0.15) is 12.4 Å². The first-order valence-electron chi connectivity index (χ1n) is 6.67. The van der Waals surface area contributed by atoms with E-state index in [1.54, 1.807) is 12.1 Å². The number of aromatic hydroxyl groups is 1. The Labute approximate surface area is 130 Å². The predicted molar refractivity (Wildman–Crippen MR) is 75.3 cm³/mol. The zero-order valence-corrected chi connectivity index (χ0v) is 11.9. The summed E-state index contributed by atoms with van der Waals surface area (Å²) < 4.78 is 59.8. The van der Waals surface area contributed by atoms with Crippen molar-refractivity contribution in [3.8, 4) is 17.2 Å². The van der Waals surface area contributed by atoms with Crippen molar-refractivity contribution >= 4 is 0 Å². The molecule has 0 heterocycles. The maximum atomic E-state index is 12.8. The van der Waals surface area contributed by atoms with Gasteiger partial charge in [-0.2, -0.15) is 8.78 Å². The number of alkyl halides is 4. The van der Waals surface area contributed by atoms with Crippen LogP contribution in [0.1, 0.15) is 5.56 Å². The molecular formula is C16H14F4O3. The largest absolute Gasteiger partial charge is 0.504 e. The van der Waals surface area contributed by atoms with Gasteiger partial charge < -0.3 is 14.6 Å². The molecule has 2 aromatic rings. The Bertz CT molecular complexity index is 632. The second-order valence-corrected chi connectivity index (χ2v) is 4.75. The highest BCUT2D eigenvalue weighted by molar-refractivity contribution is 5.44. The highest BCUT2D eigenvalue weighted by atomic mass is 19.3. The minimum atomic E-state index is -4.25. The molecule has 7 heteroatoms. The van der Waals surface area contributed by atoms with Crippen molar-refractivity contribution in [3.05, 3.63) is 54.1 Å². The number of rotatable bonds is 7. The summed E-state index contributed by atoms with van der Waals surface area (Å²) in [6, 6.07) is 12.6. The van der Waals surface area contributed by atoms with Gasteiger partial charge in [-0.25, -0.2) is 8.78 Å². The van der Waals surface area contributed by atoms with E-state index in [0.29, 0.717) is 0 Å². The first-order valence-corrected chi connectivity index (χ1v) is 6.67. The molecule has 0 atom stereocenters. The van der Waals surface area contributed by atoms with Crippen molar-refractivity contribution in [2.24, 2.45) is 0 Å². The first kappa shape index (κ1) is 16.9. The minimum absolute atomic E-state index is 0.00622. The van der Waals surface area contributed by atoms with E-state index in [9.17, 15) is 22.7 Å². The predicted octanol–water partition coefficient (Wildman–Crippen LogP) is 4.25. The third kappa shape index (κ3) is 4.77. The minimum Gasteiger partial charge on any atom is -0.504 e. The maximum absolute atomic E-state index is 12.8. The molecular weight excluding hydrogens is 316 g/mol. The summed E-state index contributed by atoms with van der Waals surface area (Å²) in [5.74, 6) is -4.56. The SMILES string of the molecule is Oc1ccc(OCC(F)(F)C(F)F)cc1OCc1ccccc1. The van der Waals surface area contributed by atoms with E-state index in [1.165, 1.54) is 18.2 Å². The lowest BCUT2D eigenvalue weighted by molar-refractivity contribution is -0.148. The van der Waals surface area contributed by atoms with Crippen molar-refractivity contribution in [2.75, 3.05) is 6.61 Å². The van der Waals surface area contributed by atoms with Crippen molar-refractivity contribution < 1.29 is 32.1 Å². The molecule has 0 aromatic heterocycles. The van der Waals surface area contributed by atoms with Gasteiger partial charge in [0.05, 0.1) is 0 Å². The van der Waals surface area contributed by atoms with Crippen molar-refractivity contribution in [2.45, 2.75) is 19.0 Å². The zero-order chi connectivity index (χ0) is 16.9. The quantitative estimate of drug-likeness (QED) is 0.771. The molecule has 23 heavy (non-hydrogen) atoms. The van der Waals surface area contributed by atoms with E-state index in [1.807, 2.05) is 18.2 Å². The number of phenols is 1. The molecule has 124 valence electrons. The number of hydrogen-bond acceptors (Lipinski definition) is 3. The highest BCUT2D eigenvalue weighted by Crippen LogP contribution is 2.32. The van der Waals surface area contributed by atoms with E-state index >= 15 is 0 Å². The van der Waals surface area contributed by atoms with Crippen LogP contribution in [0.25, 0.3) is 0 Å². The van der Waals surface area contributed by atoms with Crippen LogP contribution in [0.3, 0.4) is 0 Å². The Kier molecular flexibility index (Phi) is 5.31. The number of benzene rings is 2. The van der Waals surface area contributed by atoms with Gasteiger partial charge in [0, 0.05) is 6.07 Å². The topological polar surface area (TPSA) is 38.7 Å². The fourth-order valence-electron chi connectivity index (χ4n) is 1.68. The van der Waals surface area contributed by atoms with Gasteiger partial charge in [-0.15, -0.1) is 0 Å². The Morgan fingerprint density at radius 3 is 2.35 bits per heavy atom. The summed E-state index contributed by atoms with van der Waals surface area (Å²) in [5.41, 5.74) is 0.836. The standard InChI is InChI=1S/C16H14F4O3/c17-15(18)16(19,20)10-23-12-6-7-13(21)14(8-12)22-9-11-4-2-1-3-5-11/h1-8,15,21H,9-10H2. The summed E-state index contributed by atoms with van der Waals surface area (Å²) in [6.07, 6.45) is -3.81. The van der Waals surface area contributed by atoms with E-state index in [2.05, 4.69) is 4.74 Å². The lowest BCUT2D eigenvalue weighted by atomic mass is 10.2. The molecule has 2 rings (SSSR count). The van der Waals surface area contributed by atoms with Crippen LogP contribution in [-0.2, 0) is 6.61 Å². The molecule has 1 N–H and O–H groups in total. The Balaban J connectivity index is 2.01. The van der Waals surface area contributed by atoms with E-state index in [0.717, 1.165) is 5.56 Å². The van der Waals surface area contributed by atoms with E-state index in [-0.39, 0.29) is 23.9 Å². The van der Waals surface area contributed by atoms with Crippen molar-refractivity contribution in [3.63, 3.8) is 0 Å². The molecule has 0 bridgehead atoms. The first-order chi connectivity index (χ1) is 10.9. The Hall–Kier alpha value is -2.44. The molecule has 0 spiro atoms. The Morgan fingerprint density at radius 1 is 1.00 bits per heavy atom. The van der Waals surface area contributed by atoms with Gasteiger partial charge in [-0.05, 0) is 17.7 Å². The average molecular weight is 330 g/mol. The van der Waals surface area contributed by atoms with Crippen LogP contribution in [0.2, 0.25) is 0 Å². The lowest BCUT2D eigenvalue weighted by Gasteiger charge is -2.16. The average Bonchev–Trinajstić information content (AvgIpc) is 2.53. The van der Waals surface area contributed by atoms with Gasteiger partial charge in [-0.1, -0.05) is 30.3 Å². The zero-order valence-electron chi connectivity index (χ0n) is 11.9. The number of hydrogen-bond donors (Lipinski definition) is 1. The van der Waals surface area contributed by atoms with Crippen LogP contribution in [0.4, 0.5) is 17.6 Å². The molecule has 0 aliphatic rings. The molecule has 0 saturated heterocycles. The summed E-state index contributed by atoms with van der Waals surface area (Å²) in [7, 11) is 0. The van der Waals surface area contributed by atoms with Crippen LogP contribution in [-0.4, -0.2) is 24.1 Å². The molecule has 0 fully saturated rings. The smallest absolute Gasteiger partial charge is 0.340 e. The molecule has 0 unspecified atom stereocenters. The van der Waals surface area contributed by atoms with Crippen molar-refractivity contribution in [1.82, 2.24) is 0 Å². The van der Waals surface area contributed by atoms with E-state index < -0.39 is 19.0 Å². The molecule has 0 saturated carbocycles. The third-order valence-electron chi connectivity index (χ3n) is 2.92. The molecule has 2 aromatic carbocycles. The fraction of sp³-hybridized carbons (Fsp3) is 0.250. The number of phenolic OH excluding ortho intramolecular Hbond substituents is 1. The summed E-state index contributed by atoms with van der Waals surface area (Å²) in [6.45, 7) is -1.32. The van der Waals surface area contributed by atoms with E-state index in [4.69, 9.17) is 4.74 Å².